The highest BCUT2D eigenvalue weighted by atomic mass is 16.2. The first-order valence-corrected chi connectivity index (χ1v) is 8.38. The van der Waals surface area contributed by atoms with E-state index in [-0.39, 0.29) is 12.1 Å². The zero-order valence-corrected chi connectivity index (χ0v) is 13.2. The summed E-state index contributed by atoms with van der Waals surface area (Å²) in [5, 5.41) is 8.07. The number of hydrogen-bond donors (Lipinski definition) is 0. The summed E-state index contributed by atoms with van der Waals surface area (Å²) in [4.78, 5) is 19.3. The van der Waals surface area contributed by atoms with Crippen molar-refractivity contribution in [3.8, 4) is 0 Å². The van der Waals surface area contributed by atoms with Crippen molar-refractivity contribution >= 4 is 17.2 Å². The zero-order chi connectivity index (χ0) is 16.1. The van der Waals surface area contributed by atoms with Gasteiger partial charge in [-0.05, 0) is 48.4 Å². The van der Waals surface area contributed by atoms with Crippen LogP contribution in [0.15, 0.2) is 42.6 Å². The highest BCUT2D eigenvalue weighted by Gasteiger charge is 2.42. The van der Waals surface area contributed by atoms with Crippen molar-refractivity contribution in [2.24, 2.45) is 5.92 Å². The molecule has 0 N–H and O–H groups in total. The summed E-state index contributed by atoms with van der Waals surface area (Å²) in [5.74, 6) is 0.559. The van der Waals surface area contributed by atoms with Gasteiger partial charge in [0.05, 0.1) is 6.04 Å². The Labute approximate surface area is 139 Å². The fourth-order valence-electron chi connectivity index (χ4n) is 3.76. The van der Waals surface area contributed by atoms with Crippen molar-refractivity contribution in [1.29, 1.82) is 0 Å². The summed E-state index contributed by atoms with van der Waals surface area (Å²) in [7, 11) is 0. The van der Waals surface area contributed by atoms with E-state index in [0.29, 0.717) is 17.1 Å². The van der Waals surface area contributed by atoms with Crippen LogP contribution in [0.2, 0.25) is 0 Å². The number of hydrogen-bond acceptors (Lipinski definition) is 4. The lowest BCUT2D eigenvalue weighted by Gasteiger charge is -2.37. The molecule has 0 spiro atoms. The number of aromatic nitrogens is 4. The minimum atomic E-state index is -0.100. The molecule has 1 atom stereocenters. The van der Waals surface area contributed by atoms with Crippen LogP contribution in [0, 0.1) is 5.92 Å². The first-order valence-electron chi connectivity index (χ1n) is 8.38. The molecule has 1 aromatic carbocycles. The average molecular weight is 319 g/mol. The molecule has 1 unspecified atom stereocenters. The second-order valence-corrected chi connectivity index (χ2v) is 6.55. The summed E-state index contributed by atoms with van der Waals surface area (Å²) in [6, 6.07) is 12.2. The van der Waals surface area contributed by atoms with Crippen LogP contribution in [0.3, 0.4) is 0 Å². The molecule has 3 heterocycles. The van der Waals surface area contributed by atoms with Crippen LogP contribution < -0.4 is 0 Å². The van der Waals surface area contributed by atoms with Gasteiger partial charge in [-0.2, -0.15) is 4.68 Å². The molecule has 6 heteroatoms. The van der Waals surface area contributed by atoms with Crippen LogP contribution >= 0.6 is 0 Å². The molecular formula is C18H17N5O. The Hall–Kier alpha value is -2.76. The quantitative estimate of drug-likeness (QED) is 0.692. The van der Waals surface area contributed by atoms with Crippen LogP contribution in [0.4, 0.5) is 4.79 Å². The van der Waals surface area contributed by atoms with Gasteiger partial charge in [0.1, 0.15) is 5.52 Å². The van der Waals surface area contributed by atoms with Crippen molar-refractivity contribution in [2.75, 3.05) is 6.54 Å². The topological polar surface area (TPSA) is 63.9 Å². The third kappa shape index (κ3) is 2.02. The number of benzene rings is 1. The average Bonchev–Trinajstić information content (AvgIpc) is 3.38. The molecule has 1 saturated carbocycles. The summed E-state index contributed by atoms with van der Waals surface area (Å²) >= 11 is 0. The van der Waals surface area contributed by atoms with Crippen molar-refractivity contribution in [2.45, 2.75) is 25.3 Å². The summed E-state index contributed by atoms with van der Waals surface area (Å²) in [6.45, 7) is 0.721. The van der Waals surface area contributed by atoms with Gasteiger partial charge in [0.25, 0.3) is 0 Å². The van der Waals surface area contributed by atoms with E-state index in [1.807, 2.05) is 11.0 Å². The molecule has 2 aliphatic rings. The highest BCUT2D eigenvalue weighted by Crippen LogP contribution is 2.47. The maximum atomic E-state index is 13.2. The number of carbonyl (C=O) groups excluding carboxylic acids is 1. The van der Waals surface area contributed by atoms with Gasteiger partial charge in [-0.3, -0.25) is 0 Å². The number of nitrogens with zero attached hydrogens (tertiary/aromatic N) is 5. The van der Waals surface area contributed by atoms with Crippen LogP contribution in [0.5, 0.6) is 0 Å². The second-order valence-electron chi connectivity index (χ2n) is 6.55. The van der Waals surface area contributed by atoms with Gasteiger partial charge in [0, 0.05) is 12.7 Å². The van der Waals surface area contributed by atoms with Gasteiger partial charge in [-0.15, -0.1) is 5.10 Å². The van der Waals surface area contributed by atoms with E-state index in [1.54, 1.807) is 12.3 Å². The number of fused-ring (bicyclic) bond motifs is 2. The van der Waals surface area contributed by atoms with E-state index in [0.717, 1.165) is 13.0 Å². The SMILES string of the molecule is O=C(N1CCc2ccccc2C1C1CC1)n1nnc2ncccc21. The Morgan fingerprint density at radius 1 is 1.12 bits per heavy atom. The highest BCUT2D eigenvalue weighted by molar-refractivity contribution is 5.86. The maximum absolute atomic E-state index is 13.2. The van der Waals surface area contributed by atoms with Crippen LogP contribution in [-0.4, -0.2) is 37.5 Å². The van der Waals surface area contributed by atoms with Gasteiger partial charge in [0.2, 0.25) is 5.65 Å². The predicted octanol–water partition coefficient (Wildman–Crippen LogP) is 2.80. The Bertz CT molecular complexity index is 930. The Morgan fingerprint density at radius 2 is 2.00 bits per heavy atom. The second kappa shape index (κ2) is 5.12. The van der Waals surface area contributed by atoms with Gasteiger partial charge in [0.15, 0.2) is 0 Å². The first-order chi connectivity index (χ1) is 11.8. The predicted molar refractivity (Wildman–Crippen MR) is 88.4 cm³/mol. The van der Waals surface area contributed by atoms with E-state index in [4.69, 9.17) is 0 Å². The molecule has 3 aromatic rings. The summed E-state index contributed by atoms with van der Waals surface area (Å²) in [5.41, 5.74) is 3.83. The van der Waals surface area contributed by atoms with E-state index in [9.17, 15) is 4.79 Å². The van der Waals surface area contributed by atoms with Crippen molar-refractivity contribution < 1.29 is 4.79 Å². The fraction of sp³-hybridized carbons (Fsp3) is 0.333. The summed E-state index contributed by atoms with van der Waals surface area (Å²) in [6.07, 6.45) is 4.91. The Kier molecular flexibility index (Phi) is 2.92. The van der Waals surface area contributed by atoms with E-state index in [1.165, 1.54) is 28.7 Å². The van der Waals surface area contributed by atoms with E-state index < -0.39 is 0 Å². The fourth-order valence-corrected chi connectivity index (χ4v) is 3.76. The molecule has 0 saturated heterocycles. The minimum Gasteiger partial charge on any atom is -0.315 e. The number of carbonyl (C=O) groups is 1. The van der Waals surface area contributed by atoms with E-state index in [2.05, 4.69) is 39.6 Å². The molecule has 120 valence electrons. The smallest absolute Gasteiger partial charge is 0.315 e. The van der Waals surface area contributed by atoms with Crippen molar-refractivity contribution in [3.63, 3.8) is 0 Å². The zero-order valence-electron chi connectivity index (χ0n) is 13.2. The first kappa shape index (κ1) is 13.7. The minimum absolute atomic E-state index is 0.100. The van der Waals surface area contributed by atoms with Crippen LogP contribution in [-0.2, 0) is 6.42 Å². The van der Waals surface area contributed by atoms with Gasteiger partial charge < -0.3 is 4.90 Å². The number of amides is 1. The Balaban J connectivity index is 1.57. The van der Waals surface area contributed by atoms with Gasteiger partial charge in [-0.25, -0.2) is 9.78 Å². The van der Waals surface area contributed by atoms with Crippen molar-refractivity contribution in [1.82, 2.24) is 24.9 Å². The Morgan fingerprint density at radius 3 is 2.88 bits per heavy atom. The third-order valence-corrected chi connectivity index (χ3v) is 5.05. The molecule has 5 rings (SSSR count). The normalized spacial score (nSPS) is 20.2. The van der Waals surface area contributed by atoms with Gasteiger partial charge >= 0.3 is 6.03 Å². The number of pyridine rings is 1. The summed E-state index contributed by atoms with van der Waals surface area (Å²) < 4.78 is 1.39. The van der Waals surface area contributed by atoms with E-state index >= 15 is 0 Å². The molecule has 1 aliphatic heterocycles. The number of rotatable bonds is 1. The molecule has 1 aliphatic carbocycles. The molecule has 0 radical (unpaired) electrons. The lowest BCUT2D eigenvalue weighted by molar-refractivity contribution is 0.159. The molecule has 1 amide bonds. The molecule has 6 nitrogen and oxygen atoms in total. The molecule has 24 heavy (non-hydrogen) atoms. The third-order valence-electron chi connectivity index (χ3n) is 5.05. The largest absolute Gasteiger partial charge is 0.347 e. The lowest BCUT2D eigenvalue weighted by atomic mass is 9.90. The molecule has 2 aromatic heterocycles. The monoisotopic (exact) mass is 319 g/mol. The van der Waals surface area contributed by atoms with Crippen LogP contribution in [0.25, 0.3) is 11.2 Å². The maximum Gasteiger partial charge on any atom is 0.347 e. The van der Waals surface area contributed by atoms with Crippen molar-refractivity contribution in [3.05, 3.63) is 53.7 Å². The van der Waals surface area contributed by atoms with Gasteiger partial charge in [-0.1, -0.05) is 29.5 Å². The standard InChI is InChI=1S/C18H17N5O/c24-18(23-15-6-3-10-19-17(15)20-21-23)22-11-9-12-4-1-2-5-14(12)16(22)13-7-8-13/h1-6,10,13,16H,7-9,11H2. The molecule has 1 fully saturated rings. The molecule has 0 bridgehead atoms. The lowest BCUT2D eigenvalue weighted by Crippen LogP contribution is -2.43. The molecular weight excluding hydrogens is 302 g/mol. The van der Waals surface area contributed by atoms with Crippen LogP contribution in [0.1, 0.15) is 30.0 Å².